The average Bonchev–Trinajstić information content (AvgIpc) is 2.95. The highest BCUT2D eigenvalue weighted by atomic mass is 32.1. The zero-order valence-corrected chi connectivity index (χ0v) is 11.1. The van der Waals surface area contributed by atoms with Gasteiger partial charge in [-0.1, -0.05) is 6.92 Å². The Bertz CT molecular complexity index is 472. The highest BCUT2D eigenvalue weighted by Gasteiger charge is 2.44. The van der Waals surface area contributed by atoms with Gasteiger partial charge in [0.2, 0.25) is 5.91 Å². The zero-order chi connectivity index (χ0) is 12.5. The molecule has 1 aliphatic carbocycles. The number of hydrogen-bond donors (Lipinski definition) is 2. The number of aromatic nitrogens is 3. The summed E-state index contributed by atoms with van der Waals surface area (Å²) in [6, 6.07) is 0. The molecule has 1 aliphatic rings. The summed E-state index contributed by atoms with van der Waals surface area (Å²) in [4.78, 5) is 11.7. The lowest BCUT2D eigenvalue weighted by molar-refractivity contribution is -0.125. The van der Waals surface area contributed by atoms with Crippen molar-refractivity contribution in [2.24, 2.45) is 5.41 Å². The fraction of sp³-hybridized carbons (Fsp3) is 0.727. The van der Waals surface area contributed by atoms with Crippen molar-refractivity contribution in [2.45, 2.75) is 39.7 Å². The number of hydrogen-bond acceptors (Lipinski definition) is 3. The highest BCUT2D eigenvalue weighted by Crippen LogP contribution is 2.44. The van der Waals surface area contributed by atoms with Gasteiger partial charge in [0.1, 0.15) is 5.82 Å². The maximum atomic E-state index is 11.7. The maximum Gasteiger partial charge on any atom is 0.225 e. The van der Waals surface area contributed by atoms with Crippen LogP contribution < -0.4 is 5.32 Å². The summed E-state index contributed by atoms with van der Waals surface area (Å²) in [5.74, 6) is 1.06. The van der Waals surface area contributed by atoms with Crippen molar-refractivity contribution >= 4 is 18.1 Å². The van der Waals surface area contributed by atoms with Crippen molar-refractivity contribution in [3.8, 4) is 0 Å². The molecule has 0 saturated heterocycles. The van der Waals surface area contributed by atoms with Gasteiger partial charge in [-0.05, 0) is 32.0 Å². The van der Waals surface area contributed by atoms with E-state index in [2.05, 4.69) is 15.5 Å². The molecule has 2 N–H and O–H groups in total. The second kappa shape index (κ2) is 4.60. The molecule has 0 aliphatic heterocycles. The number of aromatic amines is 1. The Labute approximate surface area is 106 Å². The van der Waals surface area contributed by atoms with Crippen molar-refractivity contribution < 1.29 is 4.79 Å². The smallest absolute Gasteiger partial charge is 0.225 e. The Balaban J connectivity index is 1.86. The number of nitrogens with zero attached hydrogens (tertiary/aromatic N) is 2. The van der Waals surface area contributed by atoms with Crippen LogP contribution in [-0.2, 0) is 17.8 Å². The van der Waals surface area contributed by atoms with Crippen LogP contribution >= 0.6 is 12.2 Å². The van der Waals surface area contributed by atoms with Gasteiger partial charge in [0.25, 0.3) is 0 Å². The topological polar surface area (TPSA) is 62.7 Å². The Hall–Kier alpha value is -1.17. The molecule has 0 unspecified atom stereocenters. The summed E-state index contributed by atoms with van der Waals surface area (Å²) >= 11 is 5.10. The van der Waals surface area contributed by atoms with E-state index in [4.69, 9.17) is 12.2 Å². The van der Waals surface area contributed by atoms with Gasteiger partial charge in [-0.3, -0.25) is 9.89 Å². The Morgan fingerprint density at radius 2 is 2.35 bits per heavy atom. The monoisotopic (exact) mass is 254 g/mol. The number of carbonyl (C=O) groups is 1. The van der Waals surface area contributed by atoms with Crippen LogP contribution in [0.1, 0.15) is 32.5 Å². The lowest BCUT2D eigenvalue weighted by atomic mass is 10.1. The van der Waals surface area contributed by atoms with Gasteiger partial charge in [0.15, 0.2) is 4.77 Å². The van der Waals surface area contributed by atoms with Crippen LogP contribution in [-0.4, -0.2) is 27.2 Å². The Morgan fingerprint density at radius 3 is 2.94 bits per heavy atom. The third kappa shape index (κ3) is 2.57. The first-order valence-electron chi connectivity index (χ1n) is 5.99. The largest absolute Gasteiger partial charge is 0.355 e. The first-order valence-corrected chi connectivity index (χ1v) is 6.40. The maximum absolute atomic E-state index is 11.7. The summed E-state index contributed by atoms with van der Waals surface area (Å²) in [5.41, 5.74) is -0.102. The van der Waals surface area contributed by atoms with E-state index in [0.717, 1.165) is 25.2 Å². The molecule has 0 aromatic carbocycles. The molecule has 94 valence electrons. The molecular formula is C11H18N4OS. The van der Waals surface area contributed by atoms with Gasteiger partial charge in [-0.15, -0.1) is 0 Å². The minimum Gasteiger partial charge on any atom is -0.355 e. The third-order valence-corrected chi connectivity index (χ3v) is 3.65. The molecule has 1 saturated carbocycles. The minimum absolute atomic E-state index is 0.102. The van der Waals surface area contributed by atoms with Crippen LogP contribution in [0.2, 0.25) is 0 Å². The summed E-state index contributed by atoms with van der Waals surface area (Å²) in [6.07, 6.45) is 2.72. The van der Waals surface area contributed by atoms with E-state index in [0.29, 0.717) is 17.7 Å². The number of H-pyrrole nitrogens is 1. The van der Waals surface area contributed by atoms with Gasteiger partial charge in [-0.2, -0.15) is 5.10 Å². The average molecular weight is 254 g/mol. The fourth-order valence-electron chi connectivity index (χ4n) is 1.78. The fourth-order valence-corrected chi connectivity index (χ4v) is 2.06. The second-order valence-electron chi connectivity index (χ2n) is 4.76. The molecular weight excluding hydrogens is 236 g/mol. The Morgan fingerprint density at radius 1 is 1.65 bits per heavy atom. The number of nitrogens with one attached hydrogen (secondary N) is 2. The van der Waals surface area contributed by atoms with Gasteiger partial charge in [0, 0.05) is 24.9 Å². The van der Waals surface area contributed by atoms with Crippen molar-refractivity contribution in [2.75, 3.05) is 6.54 Å². The van der Waals surface area contributed by atoms with Gasteiger partial charge >= 0.3 is 0 Å². The van der Waals surface area contributed by atoms with Gasteiger partial charge < -0.3 is 9.88 Å². The highest BCUT2D eigenvalue weighted by molar-refractivity contribution is 7.71. The molecule has 2 rings (SSSR count). The lowest BCUT2D eigenvalue weighted by Gasteiger charge is -2.09. The Kier molecular flexibility index (Phi) is 3.33. The van der Waals surface area contributed by atoms with Crippen LogP contribution in [0, 0.1) is 10.2 Å². The first kappa shape index (κ1) is 12.3. The minimum atomic E-state index is -0.102. The normalized spacial score (nSPS) is 16.8. The van der Waals surface area contributed by atoms with E-state index < -0.39 is 0 Å². The number of amides is 1. The van der Waals surface area contributed by atoms with Crippen molar-refractivity contribution in [1.82, 2.24) is 20.1 Å². The summed E-state index contributed by atoms with van der Waals surface area (Å²) < 4.78 is 2.59. The molecule has 0 radical (unpaired) electrons. The summed E-state index contributed by atoms with van der Waals surface area (Å²) in [6.45, 7) is 5.45. The van der Waals surface area contributed by atoms with Gasteiger partial charge in [0.05, 0.1) is 0 Å². The summed E-state index contributed by atoms with van der Waals surface area (Å²) in [7, 11) is 0. The predicted octanol–water partition coefficient (Wildman–Crippen LogP) is 1.42. The molecule has 6 heteroatoms. The molecule has 17 heavy (non-hydrogen) atoms. The first-order chi connectivity index (χ1) is 8.07. The molecule has 5 nitrogen and oxygen atoms in total. The molecule has 1 heterocycles. The van der Waals surface area contributed by atoms with Crippen LogP contribution in [0.4, 0.5) is 0 Å². The molecule has 0 atom stereocenters. The number of carbonyl (C=O) groups excluding carboxylic acids is 1. The molecule has 0 spiro atoms. The van der Waals surface area contributed by atoms with Crippen LogP contribution in [0.15, 0.2) is 0 Å². The molecule has 1 amide bonds. The van der Waals surface area contributed by atoms with E-state index >= 15 is 0 Å². The predicted molar refractivity (Wildman–Crippen MR) is 67.1 cm³/mol. The molecule has 0 bridgehead atoms. The van der Waals surface area contributed by atoms with Gasteiger partial charge in [-0.25, -0.2) is 0 Å². The van der Waals surface area contributed by atoms with Crippen LogP contribution in [0.5, 0.6) is 0 Å². The molecule has 1 fully saturated rings. The molecule has 1 aromatic heterocycles. The molecule has 1 aromatic rings. The van der Waals surface area contributed by atoms with Crippen LogP contribution in [0.25, 0.3) is 0 Å². The third-order valence-electron chi connectivity index (χ3n) is 3.34. The lowest BCUT2D eigenvalue weighted by Crippen LogP contribution is -2.32. The SMILES string of the molecule is CCn1c(CCNC(=O)C2(C)CC2)n[nH]c1=S. The second-order valence-corrected chi connectivity index (χ2v) is 5.14. The zero-order valence-electron chi connectivity index (χ0n) is 10.2. The quantitative estimate of drug-likeness (QED) is 0.781. The van der Waals surface area contributed by atoms with E-state index in [9.17, 15) is 4.79 Å². The van der Waals surface area contributed by atoms with E-state index in [1.165, 1.54) is 0 Å². The van der Waals surface area contributed by atoms with E-state index in [1.807, 2.05) is 18.4 Å². The van der Waals surface area contributed by atoms with Crippen molar-refractivity contribution in [3.05, 3.63) is 10.6 Å². The summed E-state index contributed by atoms with van der Waals surface area (Å²) in [5, 5.41) is 9.88. The van der Waals surface area contributed by atoms with Crippen molar-refractivity contribution in [1.29, 1.82) is 0 Å². The standard InChI is InChI=1S/C11H18N4OS/c1-3-15-8(13-14-10(15)17)4-7-12-9(16)11(2)5-6-11/h3-7H2,1-2H3,(H,12,16)(H,14,17). The van der Waals surface area contributed by atoms with E-state index in [1.54, 1.807) is 0 Å². The number of rotatable bonds is 5. The van der Waals surface area contributed by atoms with Crippen molar-refractivity contribution in [3.63, 3.8) is 0 Å². The van der Waals surface area contributed by atoms with E-state index in [-0.39, 0.29) is 11.3 Å². The van der Waals surface area contributed by atoms with Crippen LogP contribution in [0.3, 0.4) is 0 Å².